The molecule has 0 spiro atoms. The van der Waals surface area contributed by atoms with Crippen molar-refractivity contribution in [2.45, 2.75) is 39.2 Å². The van der Waals surface area contributed by atoms with E-state index < -0.39 is 17.4 Å². The Morgan fingerprint density at radius 3 is 2.50 bits per heavy atom. The molecule has 1 fully saturated rings. The lowest BCUT2D eigenvalue weighted by molar-refractivity contribution is -0.135. The summed E-state index contributed by atoms with van der Waals surface area (Å²) in [6.07, 6.45) is 0. The largest absolute Gasteiger partial charge is 0.355 e. The van der Waals surface area contributed by atoms with Gasteiger partial charge in [0.1, 0.15) is 12.0 Å². The zero-order valence-corrected chi connectivity index (χ0v) is 14.6. The van der Waals surface area contributed by atoms with Gasteiger partial charge in [-0.2, -0.15) is 0 Å². The summed E-state index contributed by atoms with van der Waals surface area (Å²) < 4.78 is 0. The summed E-state index contributed by atoms with van der Waals surface area (Å²) in [4.78, 5) is 28.3. The van der Waals surface area contributed by atoms with Crippen molar-refractivity contribution in [3.05, 3.63) is 46.3 Å². The molecule has 1 aromatic carbocycles. The molecule has 128 valence electrons. The highest BCUT2D eigenvalue weighted by atomic mass is 16.2. The Morgan fingerprint density at radius 2 is 1.96 bits per heavy atom. The number of carbonyl (C=O) groups is 2. The smallest absolute Gasteiger partial charge is 0.230 e. The number of amides is 1. The minimum Gasteiger partial charge on any atom is -0.355 e. The van der Waals surface area contributed by atoms with E-state index in [1.54, 1.807) is 0 Å². The van der Waals surface area contributed by atoms with Crippen LogP contribution in [0.3, 0.4) is 0 Å². The van der Waals surface area contributed by atoms with E-state index in [0.29, 0.717) is 6.54 Å². The van der Waals surface area contributed by atoms with Crippen LogP contribution in [-0.4, -0.2) is 24.3 Å². The molecule has 6 nitrogen and oxygen atoms in total. The van der Waals surface area contributed by atoms with Crippen LogP contribution in [0.2, 0.25) is 0 Å². The fourth-order valence-electron chi connectivity index (χ4n) is 3.41. The van der Waals surface area contributed by atoms with Gasteiger partial charge in [-0.1, -0.05) is 63.1 Å². The van der Waals surface area contributed by atoms with Crippen molar-refractivity contribution in [3.8, 4) is 0 Å². The van der Waals surface area contributed by atoms with Gasteiger partial charge in [0.2, 0.25) is 5.91 Å². The monoisotopic (exact) mass is 328 g/mol. The van der Waals surface area contributed by atoms with Crippen LogP contribution in [0.1, 0.15) is 33.3 Å². The van der Waals surface area contributed by atoms with Crippen LogP contribution in [0.15, 0.2) is 35.4 Å². The molecule has 1 aromatic rings. The first-order valence-corrected chi connectivity index (χ1v) is 8.22. The van der Waals surface area contributed by atoms with Crippen LogP contribution in [0.25, 0.3) is 10.4 Å². The van der Waals surface area contributed by atoms with Crippen molar-refractivity contribution >= 4 is 11.7 Å². The lowest BCUT2D eigenvalue weighted by atomic mass is 9.71. The fourth-order valence-corrected chi connectivity index (χ4v) is 3.41. The van der Waals surface area contributed by atoms with E-state index in [1.165, 1.54) is 0 Å². The molecule has 24 heavy (non-hydrogen) atoms. The minimum absolute atomic E-state index is 0.0760. The van der Waals surface area contributed by atoms with Crippen LogP contribution >= 0.6 is 0 Å². The van der Waals surface area contributed by atoms with Crippen LogP contribution in [0.4, 0.5) is 0 Å². The van der Waals surface area contributed by atoms with E-state index in [2.05, 4.69) is 15.3 Å². The van der Waals surface area contributed by atoms with Gasteiger partial charge >= 0.3 is 0 Å². The Bertz CT molecular complexity index is 663. The van der Waals surface area contributed by atoms with Crippen LogP contribution < -0.4 is 5.32 Å². The third-order valence-corrected chi connectivity index (χ3v) is 5.02. The maximum Gasteiger partial charge on any atom is 0.230 e. The first-order valence-electron chi connectivity index (χ1n) is 8.22. The van der Waals surface area contributed by atoms with Gasteiger partial charge in [-0.15, -0.1) is 0 Å². The molecule has 0 aliphatic carbocycles. The van der Waals surface area contributed by atoms with Gasteiger partial charge in [-0.05, 0) is 22.9 Å². The second-order valence-corrected chi connectivity index (χ2v) is 7.23. The molecular formula is C18H24N4O2. The van der Waals surface area contributed by atoms with Crippen LogP contribution in [-0.2, 0) is 15.0 Å². The molecule has 1 amide bonds. The molecule has 1 saturated heterocycles. The van der Waals surface area contributed by atoms with Gasteiger partial charge < -0.3 is 5.32 Å². The first-order chi connectivity index (χ1) is 11.3. The van der Waals surface area contributed by atoms with E-state index in [9.17, 15) is 9.59 Å². The SMILES string of the molecule is CC(C)[C@@H]1CNC(=O)[C@@H]1C(=O)[C@@H](N=[N+]=[N-])C(C)(C)c1ccccc1. The number of carbonyl (C=O) groups excluding carboxylic acids is 2. The molecule has 2 rings (SSSR count). The average Bonchev–Trinajstić information content (AvgIpc) is 2.94. The minimum atomic E-state index is -0.931. The van der Waals surface area contributed by atoms with E-state index in [-0.39, 0.29) is 23.5 Å². The Balaban J connectivity index is 2.42. The van der Waals surface area contributed by atoms with E-state index in [1.807, 2.05) is 58.0 Å². The molecule has 1 aliphatic heterocycles. The highest BCUT2D eigenvalue weighted by Crippen LogP contribution is 2.35. The predicted octanol–water partition coefficient (Wildman–Crippen LogP) is 3.23. The number of hydrogen-bond donors (Lipinski definition) is 1. The number of rotatable bonds is 6. The fraction of sp³-hybridized carbons (Fsp3) is 0.556. The van der Waals surface area contributed by atoms with Crippen molar-refractivity contribution in [2.75, 3.05) is 6.54 Å². The van der Waals surface area contributed by atoms with Crippen molar-refractivity contribution < 1.29 is 9.59 Å². The third-order valence-electron chi connectivity index (χ3n) is 5.02. The molecule has 3 atom stereocenters. The maximum atomic E-state index is 13.2. The summed E-state index contributed by atoms with van der Waals surface area (Å²) in [6, 6.07) is 8.54. The number of nitrogens with one attached hydrogen (secondary N) is 1. The predicted molar refractivity (Wildman–Crippen MR) is 92.2 cm³/mol. The molecule has 1 aliphatic rings. The number of benzene rings is 1. The lowest BCUT2D eigenvalue weighted by Gasteiger charge is -2.33. The first kappa shape index (κ1) is 18.0. The molecule has 0 bridgehead atoms. The van der Waals surface area contributed by atoms with Crippen molar-refractivity contribution in [1.29, 1.82) is 0 Å². The number of hydrogen-bond acceptors (Lipinski definition) is 3. The number of Topliss-reactive ketones (excluding diaryl/α,β-unsaturated/α-hetero) is 1. The average molecular weight is 328 g/mol. The van der Waals surface area contributed by atoms with Gasteiger partial charge in [-0.25, -0.2) is 0 Å². The summed E-state index contributed by atoms with van der Waals surface area (Å²) in [7, 11) is 0. The van der Waals surface area contributed by atoms with Crippen LogP contribution in [0, 0.1) is 17.8 Å². The molecule has 0 aromatic heterocycles. The summed E-state index contributed by atoms with van der Waals surface area (Å²) >= 11 is 0. The van der Waals surface area contributed by atoms with Crippen LogP contribution in [0.5, 0.6) is 0 Å². The van der Waals surface area contributed by atoms with Gasteiger partial charge in [0.05, 0.1) is 0 Å². The second-order valence-electron chi connectivity index (χ2n) is 7.23. The molecule has 0 unspecified atom stereocenters. The summed E-state index contributed by atoms with van der Waals surface area (Å²) in [5, 5.41) is 6.57. The molecule has 1 N–H and O–H groups in total. The highest BCUT2D eigenvalue weighted by Gasteiger charge is 2.47. The molecule has 1 heterocycles. The third kappa shape index (κ3) is 3.29. The topological polar surface area (TPSA) is 94.9 Å². The standard InChI is InChI=1S/C18H24N4O2/c1-11(2)13-10-20-17(24)14(13)15(23)16(21-22-19)18(3,4)12-8-6-5-7-9-12/h5-9,11,13-14,16H,10H2,1-4H3,(H,20,24)/t13-,14-,16+/m0/s1. The number of nitrogens with zero attached hydrogens (tertiary/aromatic N) is 3. The lowest BCUT2D eigenvalue weighted by Crippen LogP contribution is -2.45. The normalized spacial score (nSPS) is 22.0. The number of ketones is 1. The quantitative estimate of drug-likeness (QED) is 0.375. The molecule has 6 heteroatoms. The van der Waals surface area contributed by atoms with Gasteiger partial charge in [0, 0.05) is 16.9 Å². The summed E-state index contributed by atoms with van der Waals surface area (Å²) in [5.74, 6) is -1.21. The Kier molecular flexibility index (Phi) is 5.30. The van der Waals surface area contributed by atoms with Gasteiger partial charge in [-0.3, -0.25) is 9.59 Å². The zero-order chi connectivity index (χ0) is 17.9. The molecular weight excluding hydrogens is 304 g/mol. The Morgan fingerprint density at radius 1 is 1.33 bits per heavy atom. The second kappa shape index (κ2) is 7.05. The van der Waals surface area contributed by atoms with Gasteiger partial charge in [0.15, 0.2) is 5.78 Å². The van der Waals surface area contributed by atoms with Crippen molar-refractivity contribution in [2.24, 2.45) is 22.9 Å². The maximum absolute atomic E-state index is 13.2. The molecule has 0 saturated carbocycles. The highest BCUT2D eigenvalue weighted by molar-refractivity contribution is 6.06. The zero-order valence-electron chi connectivity index (χ0n) is 14.6. The molecule has 0 radical (unpaired) electrons. The Hall–Kier alpha value is -2.33. The summed E-state index contributed by atoms with van der Waals surface area (Å²) in [5.41, 5.74) is 9.18. The Labute approximate surface area is 142 Å². The van der Waals surface area contributed by atoms with E-state index >= 15 is 0 Å². The summed E-state index contributed by atoms with van der Waals surface area (Å²) in [6.45, 7) is 8.22. The van der Waals surface area contributed by atoms with Crippen molar-refractivity contribution in [3.63, 3.8) is 0 Å². The number of azide groups is 1. The van der Waals surface area contributed by atoms with Crippen molar-refractivity contribution in [1.82, 2.24) is 5.32 Å². The van der Waals surface area contributed by atoms with Gasteiger partial charge in [0.25, 0.3) is 0 Å². The van der Waals surface area contributed by atoms with E-state index in [0.717, 1.165) is 5.56 Å². The van der Waals surface area contributed by atoms with E-state index in [4.69, 9.17) is 5.53 Å².